The zero-order chi connectivity index (χ0) is 13.2. The zero-order valence-electron chi connectivity index (χ0n) is 9.16. The summed E-state index contributed by atoms with van der Waals surface area (Å²) in [6, 6.07) is -0.397. The molecule has 0 amide bonds. The molecule has 0 aliphatic carbocycles. The van der Waals surface area contributed by atoms with E-state index >= 15 is 0 Å². The maximum absolute atomic E-state index is 13.8. The second-order valence-corrected chi connectivity index (χ2v) is 3.54. The molecule has 17 heavy (non-hydrogen) atoms. The molecule has 0 heterocycles. The van der Waals surface area contributed by atoms with Gasteiger partial charge < -0.3 is 20.3 Å². The van der Waals surface area contributed by atoms with Crippen molar-refractivity contribution in [2.45, 2.75) is 6.04 Å². The van der Waals surface area contributed by atoms with Crippen LogP contribution in [0, 0.1) is 5.82 Å². The fraction of sp³-hybridized carbons (Fsp3) is 0.300. The van der Waals surface area contributed by atoms with Crippen LogP contribution in [0.3, 0.4) is 0 Å². The van der Waals surface area contributed by atoms with Gasteiger partial charge in [0.1, 0.15) is 6.04 Å². The van der Waals surface area contributed by atoms with E-state index in [0.717, 1.165) is 0 Å². The maximum atomic E-state index is 13.8. The fourth-order valence-corrected chi connectivity index (χ4v) is 1.57. The molecular formula is C10H11ClFNO4. The summed E-state index contributed by atoms with van der Waals surface area (Å²) in [6.45, 7) is 0. The highest BCUT2D eigenvalue weighted by Gasteiger charge is 2.28. The molecule has 94 valence electrons. The summed E-state index contributed by atoms with van der Waals surface area (Å²) in [5.41, 5.74) is 5.03. The summed E-state index contributed by atoms with van der Waals surface area (Å²) in [6.07, 6.45) is 0. The van der Waals surface area contributed by atoms with Crippen molar-refractivity contribution < 1.29 is 23.8 Å². The quantitative estimate of drug-likeness (QED) is 0.862. The molecule has 0 bridgehead atoms. The lowest BCUT2D eigenvalue weighted by Crippen LogP contribution is -2.23. The number of carboxylic acid groups (broad SMARTS) is 1. The van der Waals surface area contributed by atoms with Gasteiger partial charge in [-0.3, -0.25) is 4.79 Å². The van der Waals surface area contributed by atoms with Crippen LogP contribution < -0.4 is 15.2 Å². The molecule has 0 saturated carbocycles. The van der Waals surface area contributed by atoms with Gasteiger partial charge >= 0.3 is 5.97 Å². The third kappa shape index (κ3) is 2.42. The average Bonchev–Trinajstić information content (AvgIpc) is 2.30. The van der Waals surface area contributed by atoms with Crippen molar-refractivity contribution in [3.8, 4) is 11.5 Å². The molecule has 0 aromatic heterocycles. The average molecular weight is 264 g/mol. The Balaban J connectivity index is 3.53. The molecule has 1 unspecified atom stereocenters. The van der Waals surface area contributed by atoms with Crippen molar-refractivity contribution in [1.82, 2.24) is 0 Å². The van der Waals surface area contributed by atoms with Crippen LogP contribution in [0.15, 0.2) is 6.07 Å². The molecule has 0 radical (unpaired) electrons. The molecule has 1 aromatic rings. The Bertz CT molecular complexity index is 452. The van der Waals surface area contributed by atoms with Crippen molar-refractivity contribution in [1.29, 1.82) is 0 Å². The van der Waals surface area contributed by atoms with Gasteiger partial charge in [-0.25, -0.2) is 4.39 Å². The lowest BCUT2D eigenvalue weighted by molar-refractivity contribution is -0.138. The molecule has 0 aliphatic heterocycles. The van der Waals surface area contributed by atoms with Crippen LogP contribution in [0.4, 0.5) is 4.39 Å². The monoisotopic (exact) mass is 263 g/mol. The SMILES string of the molecule is COc1cc(Cl)c(F)c(C(N)C(=O)O)c1OC. The normalized spacial score (nSPS) is 12.1. The number of benzene rings is 1. The highest BCUT2D eigenvalue weighted by atomic mass is 35.5. The minimum absolute atomic E-state index is 0.0794. The Morgan fingerprint density at radius 1 is 1.53 bits per heavy atom. The van der Waals surface area contributed by atoms with Gasteiger partial charge in [-0.1, -0.05) is 11.6 Å². The second kappa shape index (κ2) is 5.20. The van der Waals surface area contributed by atoms with Gasteiger partial charge in [0.25, 0.3) is 0 Å². The minimum atomic E-state index is -1.59. The molecule has 1 atom stereocenters. The predicted molar refractivity (Wildman–Crippen MR) is 59.1 cm³/mol. The van der Waals surface area contributed by atoms with E-state index in [-0.39, 0.29) is 22.1 Å². The third-order valence-electron chi connectivity index (χ3n) is 2.17. The first-order valence-corrected chi connectivity index (χ1v) is 4.90. The molecule has 0 saturated heterocycles. The van der Waals surface area contributed by atoms with Gasteiger partial charge in [-0.2, -0.15) is 0 Å². The van der Waals surface area contributed by atoms with Crippen molar-refractivity contribution in [3.63, 3.8) is 0 Å². The Morgan fingerprint density at radius 2 is 2.12 bits per heavy atom. The van der Waals surface area contributed by atoms with Gasteiger partial charge in [0, 0.05) is 6.07 Å². The molecule has 0 aliphatic rings. The summed E-state index contributed by atoms with van der Waals surface area (Å²) < 4.78 is 23.6. The Hall–Kier alpha value is -1.53. The summed E-state index contributed by atoms with van der Waals surface area (Å²) in [7, 11) is 2.57. The second-order valence-electron chi connectivity index (χ2n) is 3.14. The van der Waals surface area contributed by atoms with E-state index in [2.05, 4.69) is 0 Å². The van der Waals surface area contributed by atoms with Crippen LogP contribution in [0.25, 0.3) is 0 Å². The van der Waals surface area contributed by atoms with Gasteiger partial charge in [0.15, 0.2) is 17.3 Å². The molecule has 0 fully saturated rings. The highest BCUT2D eigenvalue weighted by Crippen LogP contribution is 2.39. The van der Waals surface area contributed by atoms with Crippen molar-refractivity contribution >= 4 is 17.6 Å². The Morgan fingerprint density at radius 3 is 2.53 bits per heavy atom. The van der Waals surface area contributed by atoms with Crippen molar-refractivity contribution in [2.24, 2.45) is 5.73 Å². The number of carbonyl (C=O) groups is 1. The van der Waals surface area contributed by atoms with Gasteiger partial charge in [-0.05, 0) is 0 Å². The standard InChI is InChI=1S/C10H11ClFNO4/c1-16-5-3-4(11)7(12)6(9(5)17-2)8(13)10(14)15/h3,8H,13H2,1-2H3,(H,14,15). The van der Waals surface area contributed by atoms with Crippen LogP contribution in [-0.2, 0) is 4.79 Å². The smallest absolute Gasteiger partial charge is 0.325 e. The Kier molecular flexibility index (Phi) is 4.14. The van der Waals surface area contributed by atoms with Crippen molar-refractivity contribution in [2.75, 3.05) is 14.2 Å². The van der Waals surface area contributed by atoms with E-state index in [1.807, 2.05) is 0 Å². The molecule has 7 heteroatoms. The van der Waals surface area contributed by atoms with E-state index in [4.69, 9.17) is 31.9 Å². The van der Waals surface area contributed by atoms with E-state index in [9.17, 15) is 9.18 Å². The van der Waals surface area contributed by atoms with Crippen LogP contribution in [-0.4, -0.2) is 25.3 Å². The molecule has 1 aromatic carbocycles. The van der Waals surface area contributed by atoms with Crippen LogP contribution >= 0.6 is 11.6 Å². The summed E-state index contributed by atoms with van der Waals surface area (Å²) in [5.74, 6) is -2.29. The first kappa shape index (κ1) is 13.5. The molecule has 5 nitrogen and oxygen atoms in total. The van der Waals surface area contributed by atoms with Crippen LogP contribution in [0.2, 0.25) is 5.02 Å². The molecule has 0 spiro atoms. The number of halogens is 2. The minimum Gasteiger partial charge on any atom is -0.493 e. The van der Waals surface area contributed by atoms with Gasteiger partial charge in [-0.15, -0.1) is 0 Å². The number of rotatable bonds is 4. The molecule has 1 rings (SSSR count). The highest BCUT2D eigenvalue weighted by molar-refractivity contribution is 6.31. The number of nitrogens with two attached hydrogens (primary N) is 1. The number of aliphatic carboxylic acids is 1. The first-order chi connectivity index (χ1) is 7.93. The zero-order valence-corrected chi connectivity index (χ0v) is 9.92. The van der Waals surface area contributed by atoms with E-state index in [1.54, 1.807) is 0 Å². The van der Waals surface area contributed by atoms with E-state index < -0.39 is 17.8 Å². The fourth-order valence-electron chi connectivity index (χ4n) is 1.37. The van der Waals surface area contributed by atoms with Gasteiger partial charge in [0.05, 0.1) is 24.8 Å². The first-order valence-electron chi connectivity index (χ1n) is 4.52. The number of methoxy groups -OCH3 is 2. The summed E-state index contributed by atoms with van der Waals surface area (Å²) in [5, 5.41) is 8.52. The van der Waals surface area contributed by atoms with Crippen molar-refractivity contribution in [3.05, 3.63) is 22.5 Å². The predicted octanol–water partition coefficient (Wildman–Crippen LogP) is 1.58. The van der Waals surface area contributed by atoms with E-state index in [1.165, 1.54) is 20.3 Å². The number of hydrogen-bond donors (Lipinski definition) is 2. The van der Waals surface area contributed by atoms with Crippen LogP contribution in [0.5, 0.6) is 11.5 Å². The molecular weight excluding hydrogens is 253 g/mol. The Labute approximate surface area is 102 Å². The largest absolute Gasteiger partial charge is 0.493 e. The number of carboxylic acids is 1. The summed E-state index contributed by atoms with van der Waals surface area (Å²) in [4.78, 5) is 10.8. The lowest BCUT2D eigenvalue weighted by atomic mass is 10.0. The maximum Gasteiger partial charge on any atom is 0.325 e. The van der Waals surface area contributed by atoms with E-state index in [0.29, 0.717) is 0 Å². The third-order valence-corrected chi connectivity index (χ3v) is 2.45. The summed E-state index contributed by atoms with van der Waals surface area (Å²) >= 11 is 5.62. The lowest BCUT2D eigenvalue weighted by Gasteiger charge is -2.17. The van der Waals surface area contributed by atoms with Crippen LogP contribution in [0.1, 0.15) is 11.6 Å². The molecule has 3 N–H and O–H groups in total. The topological polar surface area (TPSA) is 81.8 Å². The van der Waals surface area contributed by atoms with Gasteiger partial charge in [0.2, 0.25) is 0 Å². The number of hydrogen-bond acceptors (Lipinski definition) is 4. The number of ether oxygens (including phenoxy) is 2.